The summed E-state index contributed by atoms with van der Waals surface area (Å²) in [5.41, 5.74) is 1.80. The van der Waals surface area contributed by atoms with Crippen molar-refractivity contribution < 1.29 is 18.4 Å². The number of furan rings is 1. The van der Waals surface area contributed by atoms with Crippen molar-refractivity contribution in [2.24, 2.45) is 0 Å². The Balaban J connectivity index is 1.52. The maximum absolute atomic E-state index is 12.8. The number of carbonyl (C=O) groups is 2. The molecule has 146 valence electrons. The fraction of sp³-hybridized carbons (Fsp3) is 0.381. The van der Waals surface area contributed by atoms with Gasteiger partial charge in [-0.3, -0.25) is 9.59 Å². The second-order valence-electron chi connectivity index (χ2n) is 8.07. The van der Waals surface area contributed by atoms with Gasteiger partial charge in [-0.15, -0.1) is 0 Å². The van der Waals surface area contributed by atoms with Crippen molar-refractivity contribution in [1.82, 2.24) is 9.88 Å². The summed E-state index contributed by atoms with van der Waals surface area (Å²) in [5.74, 6) is 0.427. The molecule has 2 aromatic heterocycles. The molecular formula is C21H23N3O4. The molecule has 1 aliphatic heterocycles. The number of anilines is 1. The van der Waals surface area contributed by atoms with E-state index in [2.05, 4.69) is 10.3 Å². The predicted molar refractivity (Wildman–Crippen MR) is 104 cm³/mol. The molecule has 3 aromatic rings. The van der Waals surface area contributed by atoms with E-state index in [1.54, 1.807) is 35.2 Å². The molecule has 1 unspecified atom stereocenters. The second-order valence-corrected chi connectivity index (χ2v) is 8.07. The highest BCUT2D eigenvalue weighted by Crippen LogP contribution is 2.28. The van der Waals surface area contributed by atoms with Gasteiger partial charge in [0.1, 0.15) is 11.6 Å². The molecule has 28 heavy (non-hydrogen) atoms. The van der Waals surface area contributed by atoms with Gasteiger partial charge in [-0.2, -0.15) is 0 Å². The zero-order valence-corrected chi connectivity index (χ0v) is 16.2. The van der Waals surface area contributed by atoms with Crippen LogP contribution in [-0.2, 0) is 10.2 Å². The Hall–Kier alpha value is -3.09. The lowest BCUT2D eigenvalue weighted by Crippen LogP contribution is -2.43. The van der Waals surface area contributed by atoms with Crippen LogP contribution in [-0.4, -0.2) is 34.3 Å². The number of carbonyl (C=O) groups excluding carboxylic acids is 2. The third-order valence-electron chi connectivity index (χ3n) is 4.84. The molecular weight excluding hydrogens is 358 g/mol. The first-order valence-electron chi connectivity index (χ1n) is 9.39. The van der Waals surface area contributed by atoms with Crippen molar-refractivity contribution in [2.75, 3.05) is 11.9 Å². The van der Waals surface area contributed by atoms with Gasteiger partial charge < -0.3 is 19.1 Å². The number of amides is 2. The lowest BCUT2D eigenvalue weighted by molar-refractivity contribution is -0.119. The summed E-state index contributed by atoms with van der Waals surface area (Å²) in [6.07, 6.45) is 2.86. The number of fused-ring (bicyclic) bond motifs is 1. The maximum Gasteiger partial charge on any atom is 0.290 e. The van der Waals surface area contributed by atoms with Crippen LogP contribution >= 0.6 is 0 Å². The highest BCUT2D eigenvalue weighted by molar-refractivity contribution is 6.01. The Morgan fingerprint density at radius 2 is 2.07 bits per heavy atom. The van der Waals surface area contributed by atoms with Crippen molar-refractivity contribution in [3.63, 3.8) is 0 Å². The molecule has 7 nitrogen and oxygen atoms in total. The van der Waals surface area contributed by atoms with Crippen LogP contribution in [0.25, 0.3) is 11.1 Å². The lowest BCUT2D eigenvalue weighted by Gasteiger charge is -2.23. The molecule has 0 aliphatic carbocycles. The molecule has 7 heteroatoms. The Morgan fingerprint density at radius 3 is 2.79 bits per heavy atom. The molecule has 1 fully saturated rings. The van der Waals surface area contributed by atoms with Gasteiger partial charge in [0.2, 0.25) is 11.8 Å². The molecule has 1 atom stereocenters. The van der Waals surface area contributed by atoms with E-state index in [-0.39, 0.29) is 23.0 Å². The van der Waals surface area contributed by atoms with E-state index >= 15 is 0 Å². The molecule has 0 bridgehead atoms. The average molecular weight is 381 g/mol. The summed E-state index contributed by atoms with van der Waals surface area (Å²) in [5, 5.41) is 2.91. The standard InChI is InChI=1S/C21H23N3O4/c1-21(2,3)20-23-14-12-13(8-9-16(14)28-20)22-18(25)15-6-4-10-24(15)19(26)17-7-5-11-27-17/h5,7-9,11-12,15H,4,6,10H2,1-3H3,(H,22,25). The van der Waals surface area contributed by atoms with Crippen molar-refractivity contribution in [1.29, 1.82) is 0 Å². The zero-order valence-electron chi connectivity index (χ0n) is 16.2. The number of nitrogens with one attached hydrogen (secondary N) is 1. The Morgan fingerprint density at radius 1 is 1.25 bits per heavy atom. The van der Waals surface area contributed by atoms with E-state index in [0.29, 0.717) is 35.6 Å². The van der Waals surface area contributed by atoms with Crippen LogP contribution in [0.5, 0.6) is 0 Å². The third kappa shape index (κ3) is 3.40. The zero-order chi connectivity index (χ0) is 19.9. The van der Waals surface area contributed by atoms with Crippen LogP contribution in [0.4, 0.5) is 5.69 Å². The minimum absolute atomic E-state index is 0.195. The van der Waals surface area contributed by atoms with Gasteiger partial charge in [-0.05, 0) is 43.2 Å². The number of likely N-dealkylation sites (tertiary alicyclic amines) is 1. The smallest absolute Gasteiger partial charge is 0.290 e. The minimum atomic E-state index is -0.518. The van der Waals surface area contributed by atoms with Crippen molar-refractivity contribution in [2.45, 2.75) is 45.1 Å². The van der Waals surface area contributed by atoms with Gasteiger partial charge in [0.05, 0.1) is 6.26 Å². The van der Waals surface area contributed by atoms with Crippen molar-refractivity contribution in [3.8, 4) is 0 Å². The Labute approximate surface area is 162 Å². The third-order valence-corrected chi connectivity index (χ3v) is 4.84. The Bertz CT molecular complexity index is 1010. The fourth-order valence-corrected chi connectivity index (χ4v) is 3.38. The molecule has 2 amide bonds. The summed E-state index contributed by atoms with van der Waals surface area (Å²) in [7, 11) is 0. The maximum atomic E-state index is 12.8. The number of benzene rings is 1. The number of rotatable bonds is 3. The quantitative estimate of drug-likeness (QED) is 0.742. The van der Waals surface area contributed by atoms with E-state index in [0.717, 1.165) is 6.42 Å². The van der Waals surface area contributed by atoms with E-state index < -0.39 is 6.04 Å². The molecule has 4 rings (SSSR count). The molecule has 3 heterocycles. The van der Waals surface area contributed by atoms with Gasteiger partial charge in [0.15, 0.2) is 11.3 Å². The predicted octanol–water partition coefficient (Wildman–Crippen LogP) is 3.96. The highest BCUT2D eigenvalue weighted by atomic mass is 16.4. The van der Waals surface area contributed by atoms with Gasteiger partial charge in [0.25, 0.3) is 5.91 Å². The monoisotopic (exact) mass is 381 g/mol. The Kier molecular flexibility index (Phi) is 4.45. The SMILES string of the molecule is CC(C)(C)c1nc2cc(NC(=O)C3CCCN3C(=O)c3ccco3)ccc2o1. The number of nitrogens with zero attached hydrogens (tertiary/aromatic N) is 2. The first kappa shape index (κ1) is 18.3. The topological polar surface area (TPSA) is 88.6 Å². The van der Waals surface area contributed by atoms with Gasteiger partial charge in [0, 0.05) is 17.6 Å². The summed E-state index contributed by atoms with van der Waals surface area (Å²) >= 11 is 0. The van der Waals surface area contributed by atoms with Crippen LogP contribution in [0.3, 0.4) is 0 Å². The van der Waals surface area contributed by atoms with Gasteiger partial charge in [-0.1, -0.05) is 20.8 Å². The minimum Gasteiger partial charge on any atom is -0.459 e. The number of oxazole rings is 1. The fourth-order valence-electron chi connectivity index (χ4n) is 3.38. The number of hydrogen-bond acceptors (Lipinski definition) is 5. The van der Waals surface area contributed by atoms with Crippen LogP contribution in [0.2, 0.25) is 0 Å². The largest absolute Gasteiger partial charge is 0.459 e. The average Bonchev–Trinajstić information content (AvgIpc) is 3.38. The van der Waals surface area contributed by atoms with Crippen molar-refractivity contribution >= 4 is 28.6 Å². The van der Waals surface area contributed by atoms with E-state index in [4.69, 9.17) is 8.83 Å². The van der Waals surface area contributed by atoms with Crippen molar-refractivity contribution in [3.05, 3.63) is 48.2 Å². The van der Waals surface area contributed by atoms with E-state index in [1.807, 2.05) is 20.8 Å². The van der Waals surface area contributed by atoms with Crippen LogP contribution in [0.1, 0.15) is 50.1 Å². The van der Waals surface area contributed by atoms with Crippen LogP contribution in [0, 0.1) is 0 Å². The molecule has 0 saturated carbocycles. The molecule has 0 radical (unpaired) electrons. The molecule has 1 aliphatic rings. The first-order chi connectivity index (χ1) is 13.3. The highest BCUT2D eigenvalue weighted by Gasteiger charge is 2.35. The number of aromatic nitrogens is 1. The molecule has 0 spiro atoms. The summed E-state index contributed by atoms with van der Waals surface area (Å²) in [4.78, 5) is 31.5. The first-order valence-corrected chi connectivity index (χ1v) is 9.39. The summed E-state index contributed by atoms with van der Waals surface area (Å²) < 4.78 is 11.0. The normalized spacial score (nSPS) is 17.2. The van der Waals surface area contributed by atoms with Crippen LogP contribution in [0.15, 0.2) is 45.4 Å². The number of hydrogen-bond donors (Lipinski definition) is 1. The second kappa shape index (κ2) is 6.82. The van der Waals surface area contributed by atoms with Crippen LogP contribution < -0.4 is 5.32 Å². The lowest BCUT2D eigenvalue weighted by atomic mass is 9.97. The molecule has 1 saturated heterocycles. The van der Waals surface area contributed by atoms with E-state index in [1.165, 1.54) is 6.26 Å². The van der Waals surface area contributed by atoms with E-state index in [9.17, 15) is 9.59 Å². The summed E-state index contributed by atoms with van der Waals surface area (Å²) in [6, 6.07) is 8.13. The molecule has 1 N–H and O–H groups in total. The summed E-state index contributed by atoms with van der Waals surface area (Å²) in [6.45, 7) is 6.64. The molecule has 1 aromatic carbocycles. The van der Waals surface area contributed by atoms with Gasteiger partial charge >= 0.3 is 0 Å². The van der Waals surface area contributed by atoms with Gasteiger partial charge in [-0.25, -0.2) is 4.98 Å².